The monoisotopic (exact) mass is 211 g/mol. The third-order valence-corrected chi connectivity index (χ3v) is 2.50. The summed E-state index contributed by atoms with van der Waals surface area (Å²) in [5.41, 5.74) is 2.76. The Morgan fingerprint density at radius 2 is 1.94 bits per heavy atom. The van der Waals surface area contributed by atoms with Crippen LogP contribution in [-0.2, 0) is 6.42 Å². The smallest absolute Gasteiger partial charge is 0.252 e. The third kappa shape index (κ3) is 1.96. The Labute approximate surface area is 94.3 Å². The second-order valence-corrected chi connectivity index (χ2v) is 3.56. The van der Waals surface area contributed by atoms with Crippen LogP contribution in [-0.4, -0.2) is 4.98 Å². The number of benzene rings is 1. The van der Waals surface area contributed by atoms with Gasteiger partial charge < -0.3 is 4.98 Å². The highest BCUT2D eigenvalue weighted by Gasteiger charge is 2.06. The van der Waals surface area contributed by atoms with Gasteiger partial charge in [0.2, 0.25) is 0 Å². The van der Waals surface area contributed by atoms with Crippen LogP contribution in [0.2, 0.25) is 0 Å². The van der Waals surface area contributed by atoms with Gasteiger partial charge in [0.05, 0.1) is 0 Å². The van der Waals surface area contributed by atoms with E-state index in [1.165, 1.54) is 0 Å². The number of allylic oxidation sites excluding steroid dienone is 1. The molecule has 0 unspecified atom stereocenters. The van der Waals surface area contributed by atoms with E-state index < -0.39 is 0 Å². The van der Waals surface area contributed by atoms with Crippen LogP contribution in [0.15, 0.2) is 60.0 Å². The molecule has 1 aromatic carbocycles. The number of rotatable bonds is 3. The van der Waals surface area contributed by atoms with Crippen molar-refractivity contribution < 1.29 is 0 Å². The molecule has 2 heteroatoms. The van der Waals surface area contributed by atoms with Crippen LogP contribution in [0.5, 0.6) is 0 Å². The van der Waals surface area contributed by atoms with E-state index >= 15 is 0 Å². The van der Waals surface area contributed by atoms with Gasteiger partial charge in [0.1, 0.15) is 0 Å². The molecule has 0 atom stereocenters. The van der Waals surface area contributed by atoms with Crippen LogP contribution in [0.3, 0.4) is 0 Å². The first-order valence-electron chi connectivity index (χ1n) is 5.20. The summed E-state index contributed by atoms with van der Waals surface area (Å²) in [5, 5.41) is 0. The lowest BCUT2D eigenvalue weighted by molar-refractivity contribution is 1.13. The first kappa shape index (κ1) is 10.4. The van der Waals surface area contributed by atoms with Crippen molar-refractivity contribution in [2.24, 2.45) is 0 Å². The van der Waals surface area contributed by atoms with Gasteiger partial charge in [0.25, 0.3) is 5.56 Å². The summed E-state index contributed by atoms with van der Waals surface area (Å²) in [7, 11) is 0. The van der Waals surface area contributed by atoms with Gasteiger partial charge in [-0.1, -0.05) is 36.4 Å². The number of H-pyrrole nitrogens is 1. The molecule has 2 rings (SSSR count). The van der Waals surface area contributed by atoms with E-state index in [0.717, 1.165) is 16.7 Å². The van der Waals surface area contributed by atoms with Crippen LogP contribution in [0.1, 0.15) is 5.56 Å². The number of hydrogen-bond acceptors (Lipinski definition) is 1. The Morgan fingerprint density at radius 3 is 2.62 bits per heavy atom. The predicted molar refractivity (Wildman–Crippen MR) is 66.4 cm³/mol. The summed E-state index contributed by atoms with van der Waals surface area (Å²) in [6.45, 7) is 3.68. The van der Waals surface area contributed by atoms with E-state index in [1.807, 2.05) is 36.4 Å². The molecule has 1 heterocycles. The summed E-state index contributed by atoms with van der Waals surface area (Å²) in [6, 6.07) is 11.8. The van der Waals surface area contributed by atoms with Crippen LogP contribution in [0.25, 0.3) is 11.1 Å². The standard InChI is InChI=1S/C14H13NO/c1-2-6-13-12(9-10-15-14(13)16)11-7-4-3-5-8-11/h2-5,7-10H,1,6H2,(H,15,16). The van der Waals surface area contributed by atoms with Gasteiger partial charge in [0, 0.05) is 11.8 Å². The van der Waals surface area contributed by atoms with E-state index in [9.17, 15) is 4.79 Å². The highest BCUT2D eigenvalue weighted by Crippen LogP contribution is 2.20. The van der Waals surface area contributed by atoms with Gasteiger partial charge in [-0.25, -0.2) is 0 Å². The van der Waals surface area contributed by atoms with Crippen LogP contribution in [0, 0.1) is 0 Å². The Morgan fingerprint density at radius 1 is 1.19 bits per heavy atom. The zero-order valence-corrected chi connectivity index (χ0v) is 8.94. The maximum Gasteiger partial charge on any atom is 0.252 e. The normalized spacial score (nSPS) is 10.0. The Balaban J connectivity index is 2.61. The zero-order valence-electron chi connectivity index (χ0n) is 8.94. The maximum absolute atomic E-state index is 11.7. The number of pyridine rings is 1. The molecule has 80 valence electrons. The molecule has 2 nitrogen and oxygen atoms in total. The molecule has 0 radical (unpaired) electrons. The van der Waals surface area contributed by atoms with Crippen LogP contribution in [0.4, 0.5) is 0 Å². The SMILES string of the molecule is C=CCc1c(-c2ccccc2)cc[nH]c1=O. The van der Waals surface area contributed by atoms with E-state index in [0.29, 0.717) is 6.42 Å². The summed E-state index contributed by atoms with van der Waals surface area (Å²) in [4.78, 5) is 14.4. The first-order chi connectivity index (χ1) is 7.83. The van der Waals surface area contributed by atoms with E-state index in [4.69, 9.17) is 0 Å². The minimum absolute atomic E-state index is 0.0405. The third-order valence-electron chi connectivity index (χ3n) is 2.50. The van der Waals surface area contributed by atoms with E-state index in [2.05, 4.69) is 11.6 Å². The van der Waals surface area contributed by atoms with Crippen molar-refractivity contribution in [2.75, 3.05) is 0 Å². The van der Waals surface area contributed by atoms with Crippen molar-refractivity contribution in [3.63, 3.8) is 0 Å². The largest absolute Gasteiger partial charge is 0.329 e. The van der Waals surface area contributed by atoms with Gasteiger partial charge in [0.15, 0.2) is 0 Å². The molecule has 0 aliphatic heterocycles. The minimum atomic E-state index is -0.0405. The van der Waals surface area contributed by atoms with Crippen molar-refractivity contribution >= 4 is 0 Å². The van der Waals surface area contributed by atoms with Gasteiger partial charge in [-0.2, -0.15) is 0 Å². The molecule has 0 saturated carbocycles. The molecule has 2 aromatic rings. The summed E-state index contributed by atoms with van der Waals surface area (Å²) >= 11 is 0. The molecule has 1 N–H and O–H groups in total. The van der Waals surface area contributed by atoms with Crippen molar-refractivity contribution in [3.8, 4) is 11.1 Å². The molecule has 16 heavy (non-hydrogen) atoms. The molecule has 0 saturated heterocycles. The second-order valence-electron chi connectivity index (χ2n) is 3.56. The number of aromatic amines is 1. The lowest BCUT2D eigenvalue weighted by Gasteiger charge is -2.06. The Hall–Kier alpha value is -2.09. The predicted octanol–water partition coefficient (Wildman–Crippen LogP) is 2.77. The van der Waals surface area contributed by atoms with E-state index in [-0.39, 0.29) is 5.56 Å². The molecule has 0 fully saturated rings. The number of hydrogen-bond donors (Lipinski definition) is 1. The van der Waals surface area contributed by atoms with Crippen LogP contribution >= 0.6 is 0 Å². The van der Waals surface area contributed by atoms with Crippen molar-refractivity contribution in [1.29, 1.82) is 0 Å². The number of nitrogens with one attached hydrogen (secondary N) is 1. The molecule has 0 spiro atoms. The lowest BCUT2D eigenvalue weighted by atomic mass is 10.00. The van der Waals surface area contributed by atoms with Gasteiger partial charge >= 0.3 is 0 Å². The van der Waals surface area contributed by atoms with Gasteiger partial charge in [-0.3, -0.25) is 4.79 Å². The minimum Gasteiger partial charge on any atom is -0.329 e. The highest BCUT2D eigenvalue weighted by molar-refractivity contribution is 5.66. The lowest BCUT2D eigenvalue weighted by Crippen LogP contribution is -2.12. The molecule has 0 bridgehead atoms. The average molecular weight is 211 g/mol. The molecule has 1 aromatic heterocycles. The fourth-order valence-electron chi connectivity index (χ4n) is 1.75. The highest BCUT2D eigenvalue weighted by atomic mass is 16.1. The second kappa shape index (κ2) is 4.62. The molecule has 0 amide bonds. The number of aromatic nitrogens is 1. The summed E-state index contributed by atoms with van der Waals surface area (Å²) in [6.07, 6.45) is 4.01. The zero-order chi connectivity index (χ0) is 11.4. The molecule has 0 aliphatic rings. The summed E-state index contributed by atoms with van der Waals surface area (Å²) < 4.78 is 0. The summed E-state index contributed by atoms with van der Waals surface area (Å²) in [5.74, 6) is 0. The van der Waals surface area contributed by atoms with Crippen molar-refractivity contribution in [2.45, 2.75) is 6.42 Å². The maximum atomic E-state index is 11.7. The fraction of sp³-hybridized carbons (Fsp3) is 0.0714. The molecular weight excluding hydrogens is 198 g/mol. The van der Waals surface area contributed by atoms with Gasteiger partial charge in [-0.15, -0.1) is 6.58 Å². The fourth-order valence-corrected chi connectivity index (χ4v) is 1.75. The Bertz CT molecular complexity index is 540. The first-order valence-corrected chi connectivity index (χ1v) is 5.20. The quantitative estimate of drug-likeness (QED) is 0.778. The van der Waals surface area contributed by atoms with Crippen molar-refractivity contribution in [1.82, 2.24) is 4.98 Å². The van der Waals surface area contributed by atoms with Crippen LogP contribution < -0.4 is 5.56 Å². The van der Waals surface area contributed by atoms with E-state index in [1.54, 1.807) is 12.3 Å². The van der Waals surface area contributed by atoms with Crippen molar-refractivity contribution in [3.05, 3.63) is 71.2 Å². The Kier molecular flexibility index (Phi) is 3.01. The topological polar surface area (TPSA) is 32.9 Å². The molecular formula is C14H13NO. The van der Waals surface area contributed by atoms with Gasteiger partial charge in [-0.05, 0) is 23.6 Å². The average Bonchev–Trinajstić information content (AvgIpc) is 2.33. The molecule has 0 aliphatic carbocycles.